The number of aryl methyl sites for hydroxylation is 1. The molecule has 0 aromatic heterocycles. The highest BCUT2D eigenvalue weighted by Gasteiger charge is 2.54. The van der Waals surface area contributed by atoms with Crippen LogP contribution in [-0.2, 0) is 9.53 Å². The van der Waals surface area contributed by atoms with Crippen LogP contribution in [0.1, 0.15) is 34.6 Å². The first-order chi connectivity index (χ1) is 13.0. The number of fused-ring (bicyclic) bond motifs is 2. The van der Waals surface area contributed by atoms with Crippen molar-refractivity contribution >= 4 is 34.1 Å². The van der Waals surface area contributed by atoms with Crippen molar-refractivity contribution in [2.24, 2.45) is 0 Å². The van der Waals surface area contributed by atoms with Crippen LogP contribution >= 0.6 is 15.9 Å². The molecule has 0 saturated carbocycles. The van der Waals surface area contributed by atoms with Crippen LogP contribution in [0, 0.1) is 6.92 Å². The molecule has 2 bridgehead atoms. The van der Waals surface area contributed by atoms with E-state index >= 15 is 0 Å². The van der Waals surface area contributed by atoms with Crippen molar-refractivity contribution in [2.75, 3.05) is 0 Å². The fourth-order valence-corrected chi connectivity index (χ4v) is 4.67. The smallest absolute Gasteiger partial charge is 0.328 e. The van der Waals surface area contributed by atoms with Crippen LogP contribution in [0.4, 0.5) is 0 Å². The lowest BCUT2D eigenvalue weighted by atomic mass is 9.72. The minimum atomic E-state index is -0.834. The summed E-state index contributed by atoms with van der Waals surface area (Å²) in [7, 11) is 0. The predicted molar refractivity (Wildman–Crippen MR) is 114 cm³/mol. The van der Waals surface area contributed by atoms with Gasteiger partial charge in [-0.3, -0.25) is 4.79 Å². The molecule has 2 aromatic carbocycles. The third-order valence-corrected chi connectivity index (χ3v) is 6.51. The predicted octanol–water partition coefficient (Wildman–Crippen LogP) is 5.82. The molecule has 2 aromatic rings. The number of carbonyl (C=O) groups is 1. The topological polar surface area (TPSA) is 26.3 Å². The summed E-state index contributed by atoms with van der Waals surface area (Å²) in [4.78, 5) is 12.6. The molecule has 1 aliphatic carbocycles. The van der Waals surface area contributed by atoms with E-state index < -0.39 is 4.32 Å². The zero-order valence-corrected chi connectivity index (χ0v) is 16.8. The summed E-state index contributed by atoms with van der Waals surface area (Å²) >= 11 is 3.70. The number of hydrogen-bond acceptors (Lipinski definition) is 2. The third kappa shape index (κ3) is 3.21. The average Bonchev–Trinajstić information content (AvgIpc) is 2.68. The van der Waals surface area contributed by atoms with Crippen LogP contribution in [-0.4, -0.2) is 16.4 Å². The highest BCUT2D eigenvalue weighted by Crippen LogP contribution is 2.51. The van der Waals surface area contributed by atoms with E-state index in [0.29, 0.717) is 0 Å². The lowest BCUT2D eigenvalue weighted by Gasteiger charge is -2.45. The molecular formula is C24H21BrO2. The Bertz CT molecular complexity index is 955. The Morgan fingerprint density at radius 1 is 1.15 bits per heavy atom. The summed E-state index contributed by atoms with van der Waals surface area (Å²) in [6, 6.07) is 16.7. The summed E-state index contributed by atoms with van der Waals surface area (Å²) in [5, 5.41) is 0. The number of alkyl halides is 1. The molecule has 27 heavy (non-hydrogen) atoms. The number of benzene rings is 2. The van der Waals surface area contributed by atoms with Gasteiger partial charge in [0.1, 0.15) is 10.4 Å². The Labute approximate surface area is 168 Å². The fourth-order valence-electron chi connectivity index (χ4n) is 3.88. The van der Waals surface area contributed by atoms with Crippen LogP contribution in [0.5, 0.6) is 0 Å². The lowest BCUT2D eigenvalue weighted by molar-refractivity contribution is -0.156. The van der Waals surface area contributed by atoms with Crippen LogP contribution in [0.3, 0.4) is 0 Å². The summed E-state index contributed by atoms with van der Waals surface area (Å²) in [6.45, 7) is 5.94. The maximum Gasteiger partial charge on any atom is 0.328 e. The molecule has 0 unspecified atom stereocenters. The van der Waals surface area contributed by atoms with E-state index in [0.717, 1.165) is 28.7 Å². The second-order valence-electron chi connectivity index (χ2n) is 7.17. The van der Waals surface area contributed by atoms with Crippen LogP contribution in [0.2, 0.25) is 0 Å². The van der Waals surface area contributed by atoms with E-state index in [9.17, 15) is 4.79 Å². The largest absolute Gasteiger partial charge is 0.456 e. The maximum absolute atomic E-state index is 12.6. The first kappa shape index (κ1) is 18.0. The Hall–Kier alpha value is -2.39. The summed E-state index contributed by atoms with van der Waals surface area (Å²) in [5.41, 5.74) is 5.66. The first-order valence-electron chi connectivity index (χ1n) is 9.10. The van der Waals surface area contributed by atoms with E-state index in [1.54, 1.807) is 6.08 Å². The molecule has 2 aliphatic heterocycles. The van der Waals surface area contributed by atoms with Crippen molar-refractivity contribution in [1.82, 2.24) is 0 Å². The molecule has 1 fully saturated rings. The monoisotopic (exact) mass is 420 g/mol. The molecule has 2 nitrogen and oxygen atoms in total. The molecule has 3 heteroatoms. The van der Waals surface area contributed by atoms with E-state index in [4.69, 9.17) is 4.74 Å². The number of ether oxygens (including phenoxy) is 1. The molecule has 0 amide bonds. The van der Waals surface area contributed by atoms with Crippen LogP contribution in [0.15, 0.2) is 72.8 Å². The van der Waals surface area contributed by atoms with Gasteiger partial charge < -0.3 is 4.74 Å². The first-order valence-corrected chi connectivity index (χ1v) is 9.89. The fraction of sp³-hybridized carbons (Fsp3) is 0.208. The summed E-state index contributed by atoms with van der Waals surface area (Å²) in [6.07, 6.45) is 8.54. The van der Waals surface area contributed by atoms with E-state index in [1.807, 2.05) is 18.2 Å². The number of carbonyl (C=O) groups excluding carboxylic acids is 1. The van der Waals surface area contributed by atoms with Crippen LogP contribution in [0.25, 0.3) is 12.2 Å². The number of esters is 1. The highest BCUT2D eigenvalue weighted by molar-refractivity contribution is 9.10. The standard InChI is InChI=1S/C24H21BrO2/c1-3-18-15-24(25)21(14-22(18)27-23(24)26)20-7-5-4-6-19(20)13-12-17-10-8-16(2)9-11-17/h3-13,15,21-22H,1,14H2,2H3/b13-12+/t21-,22+,24-/m1/s1. The summed E-state index contributed by atoms with van der Waals surface area (Å²) < 4.78 is 4.75. The van der Waals surface area contributed by atoms with Gasteiger partial charge in [-0.2, -0.15) is 0 Å². The van der Waals surface area contributed by atoms with Crippen molar-refractivity contribution in [3.05, 3.63) is 95.1 Å². The van der Waals surface area contributed by atoms with E-state index in [1.165, 1.54) is 5.56 Å². The van der Waals surface area contributed by atoms with Crippen molar-refractivity contribution in [1.29, 1.82) is 0 Å². The minimum absolute atomic E-state index is 0.0197. The molecule has 1 saturated heterocycles. The molecule has 0 N–H and O–H groups in total. The second-order valence-corrected chi connectivity index (χ2v) is 8.48. The zero-order valence-electron chi connectivity index (χ0n) is 15.2. The maximum atomic E-state index is 12.6. The molecule has 3 aliphatic rings. The van der Waals surface area contributed by atoms with Gasteiger partial charge in [-0.1, -0.05) is 94.8 Å². The molecule has 0 spiro atoms. The second kappa shape index (κ2) is 6.97. The Morgan fingerprint density at radius 3 is 2.63 bits per heavy atom. The number of halogens is 1. The quantitative estimate of drug-likeness (QED) is 0.353. The van der Waals surface area contributed by atoms with Gasteiger partial charge in [0.2, 0.25) is 0 Å². The molecular weight excluding hydrogens is 400 g/mol. The van der Waals surface area contributed by atoms with Gasteiger partial charge in [0.15, 0.2) is 0 Å². The van der Waals surface area contributed by atoms with Crippen molar-refractivity contribution in [3.8, 4) is 0 Å². The van der Waals surface area contributed by atoms with Gasteiger partial charge in [-0.25, -0.2) is 0 Å². The van der Waals surface area contributed by atoms with Crippen molar-refractivity contribution in [2.45, 2.75) is 29.7 Å². The summed E-state index contributed by atoms with van der Waals surface area (Å²) in [5.74, 6) is -0.196. The van der Waals surface area contributed by atoms with Crippen molar-refractivity contribution in [3.63, 3.8) is 0 Å². The van der Waals surface area contributed by atoms with E-state index in [2.05, 4.69) is 78.0 Å². The molecule has 3 atom stereocenters. The normalized spacial score (nSPS) is 26.7. The van der Waals surface area contributed by atoms with Gasteiger partial charge in [0.05, 0.1) is 0 Å². The number of hydrogen-bond donors (Lipinski definition) is 0. The highest BCUT2D eigenvalue weighted by atomic mass is 79.9. The number of rotatable bonds is 4. The zero-order chi connectivity index (χ0) is 19.0. The van der Waals surface area contributed by atoms with Gasteiger partial charge in [-0.05, 0) is 41.7 Å². The average molecular weight is 421 g/mol. The lowest BCUT2D eigenvalue weighted by Crippen LogP contribution is -2.51. The Balaban J connectivity index is 1.71. The van der Waals surface area contributed by atoms with Gasteiger partial charge in [0, 0.05) is 5.92 Å². The van der Waals surface area contributed by atoms with Crippen molar-refractivity contribution < 1.29 is 9.53 Å². The Morgan fingerprint density at radius 2 is 1.89 bits per heavy atom. The molecule has 0 radical (unpaired) electrons. The SMILES string of the molecule is C=CC1=C[C@]2(Br)C(=O)O[C@H]1C[C@@H]2c1ccccc1/C=C/c1ccc(C)cc1. The van der Waals surface area contributed by atoms with Gasteiger partial charge >= 0.3 is 5.97 Å². The van der Waals surface area contributed by atoms with E-state index in [-0.39, 0.29) is 18.0 Å². The van der Waals surface area contributed by atoms with Crippen LogP contribution < -0.4 is 0 Å². The molecule has 136 valence electrons. The minimum Gasteiger partial charge on any atom is -0.456 e. The third-order valence-electron chi connectivity index (χ3n) is 5.41. The molecule has 2 heterocycles. The Kier molecular flexibility index (Phi) is 4.65. The molecule has 5 rings (SSSR count). The van der Waals surface area contributed by atoms with Gasteiger partial charge in [-0.15, -0.1) is 0 Å². The van der Waals surface area contributed by atoms with Gasteiger partial charge in [0.25, 0.3) is 0 Å².